The van der Waals surface area contributed by atoms with Gasteiger partial charge < -0.3 is 14.6 Å². The van der Waals surface area contributed by atoms with E-state index < -0.39 is 12.0 Å². The van der Waals surface area contributed by atoms with Crippen molar-refractivity contribution in [3.8, 4) is 11.5 Å². The van der Waals surface area contributed by atoms with Gasteiger partial charge in [-0.05, 0) is 62.4 Å². The summed E-state index contributed by atoms with van der Waals surface area (Å²) in [5, 5.41) is 16.8. The Hall–Kier alpha value is -3.07. The molecule has 1 aromatic heterocycles. The van der Waals surface area contributed by atoms with Crippen molar-refractivity contribution in [2.24, 2.45) is 5.10 Å². The van der Waals surface area contributed by atoms with Crippen LogP contribution in [0.4, 0.5) is 9.80 Å². The first-order valence-electron chi connectivity index (χ1n) is 9.41. The summed E-state index contributed by atoms with van der Waals surface area (Å²) >= 11 is 1.40. The van der Waals surface area contributed by atoms with Gasteiger partial charge in [0, 0.05) is 4.88 Å². The first kappa shape index (κ1) is 20.7. The number of phenolic OH excluding ortho intramolecular Hbond substituents is 1. The summed E-state index contributed by atoms with van der Waals surface area (Å²) in [5.74, 6) is -0.0433. The van der Waals surface area contributed by atoms with Crippen LogP contribution in [0.25, 0.3) is 0 Å². The number of esters is 1. The lowest BCUT2D eigenvalue weighted by atomic mass is 10.1. The molecule has 1 aromatic carbocycles. The maximum Gasteiger partial charge on any atom is 0.341 e. The number of nitrogens with one attached hydrogen (secondary N) is 2. The summed E-state index contributed by atoms with van der Waals surface area (Å²) in [5.41, 5.74) is 4.45. The number of urea groups is 1. The van der Waals surface area contributed by atoms with Gasteiger partial charge in [0.25, 0.3) is 0 Å². The third-order valence-electron chi connectivity index (χ3n) is 4.29. The highest BCUT2D eigenvalue weighted by molar-refractivity contribution is 7.17. The Balaban J connectivity index is 1.66. The fraction of sp³-hybridized carbons (Fsp3) is 0.350. The molecule has 3 N–H and O–H groups in total. The zero-order valence-corrected chi connectivity index (χ0v) is 17.1. The molecule has 0 saturated heterocycles. The van der Waals surface area contributed by atoms with E-state index in [1.807, 2.05) is 6.92 Å². The molecule has 1 aliphatic rings. The van der Waals surface area contributed by atoms with Crippen molar-refractivity contribution in [2.45, 2.75) is 33.1 Å². The number of thiophene rings is 1. The van der Waals surface area contributed by atoms with Gasteiger partial charge in [-0.2, -0.15) is 5.10 Å². The van der Waals surface area contributed by atoms with Crippen molar-refractivity contribution in [2.75, 3.05) is 18.5 Å². The fourth-order valence-electron chi connectivity index (χ4n) is 3.09. The van der Waals surface area contributed by atoms with Crippen molar-refractivity contribution >= 4 is 34.6 Å². The first-order chi connectivity index (χ1) is 14.0. The summed E-state index contributed by atoms with van der Waals surface area (Å²) in [6.07, 6.45) is 4.14. The van der Waals surface area contributed by atoms with Gasteiger partial charge in [-0.25, -0.2) is 15.0 Å². The van der Waals surface area contributed by atoms with Gasteiger partial charge in [0.15, 0.2) is 11.5 Å². The smallest absolute Gasteiger partial charge is 0.341 e. The zero-order chi connectivity index (χ0) is 20.8. The maximum atomic E-state index is 12.3. The number of hydrogen-bond donors (Lipinski definition) is 3. The Labute approximate surface area is 172 Å². The molecule has 2 aromatic rings. The summed E-state index contributed by atoms with van der Waals surface area (Å²) in [6.45, 7) is 4.26. The number of amides is 2. The van der Waals surface area contributed by atoms with Crippen LogP contribution in [-0.2, 0) is 17.6 Å². The lowest BCUT2D eigenvalue weighted by molar-refractivity contribution is 0.0527. The van der Waals surface area contributed by atoms with Crippen molar-refractivity contribution in [1.29, 1.82) is 0 Å². The Morgan fingerprint density at radius 1 is 1.28 bits per heavy atom. The monoisotopic (exact) mass is 417 g/mol. The van der Waals surface area contributed by atoms with Gasteiger partial charge >= 0.3 is 12.0 Å². The van der Waals surface area contributed by atoms with Crippen LogP contribution in [-0.4, -0.2) is 36.5 Å². The molecule has 29 heavy (non-hydrogen) atoms. The van der Waals surface area contributed by atoms with E-state index >= 15 is 0 Å². The summed E-state index contributed by atoms with van der Waals surface area (Å²) in [6, 6.07) is 4.19. The number of aromatic hydroxyl groups is 1. The van der Waals surface area contributed by atoms with E-state index in [0.717, 1.165) is 29.7 Å². The summed E-state index contributed by atoms with van der Waals surface area (Å²) in [7, 11) is 0. The number of hydrogen-bond acceptors (Lipinski definition) is 7. The molecule has 0 atom stereocenters. The molecule has 2 amide bonds. The quantitative estimate of drug-likeness (QED) is 0.362. The minimum Gasteiger partial charge on any atom is -0.504 e. The van der Waals surface area contributed by atoms with Crippen molar-refractivity contribution in [3.63, 3.8) is 0 Å². The highest BCUT2D eigenvalue weighted by Gasteiger charge is 2.28. The first-order valence-corrected chi connectivity index (χ1v) is 10.2. The minimum absolute atomic E-state index is 0.0342. The number of nitrogens with zero attached hydrogens (tertiary/aromatic N) is 1. The van der Waals surface area contributed by atoms with Gasteiger partial charge in [0.2, 0.25) is 0 Å². The molecule has 0 aliphatic heterocycles. The molecule has 0 fully saturated rings. The van der Waals surface area contributed by atoms with Crippen molar-refractivity contribution < 1.29 is 24.2 Å². The number of anilines is 1. The number of rotatable bonds is 7. The Bertz CT molecular complexity index is 938. The number of ether oxygens (including phenoxy) is 2. The number of benzene rings is 1. The molecule has 1 aliphatic carbocycles. The lowest BCUT2D eigenvalue weighted by Crippen LogP contribution is -2.25. The molecule has 9 heteroatoms. The number of carbonyl (C=O) groups is 2. The molecule has 0 spiro atoms. The Morgan fingerprint density at radius 3 is 2.86 bits per heavy atom. The lowest BCUT2D eigenvalue weighted by Gasteiger charge is -2.07. The van der Waals surface area contributed by atoms with Gasteiger partial charge in [-0.15, -0.1) is 11.3 Å². The Morgan fingerprint density at radius 2 is 2.10 bits per heavy atom. The minimum atomic E-state index is -0.560. The molecular formula is C20H23N3O5S. The second-order valence-corrected chi connectivity index (χ2v) is 7.37. The van der Waals surface area contributed by atoms with Crippen molar-refractivity contribution in [1.82, 2.24) is 5.43 Å². The van der Waals surface area contributed by atoms with Gasteiger partial charge in [-0.3, -0.25) is 5.32 Å². The molecule has 1 heterocycles. The van der Waals surface area contributed by atoms with E-state index in [2.05, 4.69) is 15.8 Å². The molecular weight excluding hydrogens is 394 g/mol. The third-order valence-corrected chi connectivity index (χ3v) is 5.50. The maximum absolute atomic E-state index is 12.3. The largest absolute Gasteiger partial charge is 0.504 e. The molecule has 8 nitrogen and oxygen atoms in total. The zero-order valence-electron chi connectivity index (χ0n) is 16.3. The van der Waals surface area contributed by atoms with Crippen LogP contribution < -0.4 is 15.5 Å². The topological polar surface area (TPSA) is 109 Å². The van der Waals surface area contributed by atoms with Crippen LogP contribution in [0.2, 0.25) is 0 Å². The number of hydrazone groups is 1. The average molecular weight is 417 g/mol. The molecule has 0 radical (unpaired) electrons. The fourth-order valence-corrected chi connectivity index (χ4v) is 4.36. The van der Waals surface area contributed by atoms with Gasteiger partial charge in [0.05, 0.1) is 25.0 Å². The van der Waals surface area contributed by atoms with Crippen LogP contribution in [0.5, 0.6) is 11.5 Å². The highest BCUT2D eigenvalue weighted by atomic mass is 32.1. The van der Waals surface area contributed by atoms with E-state index in [0.29, 0.717) is 28.5 Å². The van der Waals surface area contributed by atoms with E-state index in [1.54, 1.807) is 19.1 Å². The van der Waals surface area contributed by atoms with E-state index in [9.17, 15) is 14.7 Å². The SMILES string of the molecule is CCOC(=O)c1c(NC(=O)N/N=C/c2ccc(O)c(OCC)c2)sc2c1CCC2. The standard InChI is InChI=1S/C20H23N3O5S/c1-3-27-15-10-12(8-9-14(15)24)11-21-23-20(26)22-18-17(19(25)28-4-2)13-6-5-7-16(13)29-18/h8-11,24H,3-7H2,1-2H3,(H2,22,23,26)/b21-11+. The van der Waals surface area contributed by atoms with Gasteiger partial charge in [-0.1, -0.05) is 0 Å². The molecule has 3 rings (SSSR count). The second-order valence-electron chi connectivity index (χ2n) is 6.27. The van der Waals surface area contributed by atoms with Crippen LogP contribution in [0, 0.1) is 0 Å². The normalized spacial score (nSPS) is 12.6. The van der Waals surface area contributed by atoms with Gasteiger partial charge in [0.1, 0.15) is 5.00 Å². The number of carbonyl (C=O) groups excluding carboxylic acids is 2. The molecule has 0 unspecified atom stereocenters. The van der Waals surface area contributed by atoms with Crippen molar-refractivity contribution in [3.05, 3.63) is 39.8 Å². The number of aryl methyl sites for hydroxylation is 1. The second kappa shape index (κ2) is 9.42. The van der Waals surface area contributed by atoms with E-state index in [4.69, 9.17) is 9.47 Å². The summed E-state index contributed by atoms with van der Waals surface area (Å²) < 4.78 is 10.5. The van der Waals surface area contributed by atoms with E-state index in [-0.39, 0.29) is 12.4 Å². The van der Waals surface area contributed by atoms with Crippen LogP contribution >= 0.6 is 11.3 Å². The predicted molar refractivity (Wildman–Crippen MR) is 111 cm³/mol. The molecule has 154 valence electrons. The molecule has 0 saturated carbocycles. The predicted octanol–water partition coefficient (Wildman–Crippen LogP) is 3.67. The average Bonchev–Trinajstić information content (AvgIpc) is 3.25. The van der Waals surface area contributed by atoms with Crippen LogP contribution in [0.3, 0.4) is 0 Å². The summed E-state index contributed by atoms with van der Waals surface area (Å²) in [4.78, 5) is 25.7. The third kappa shape index (κ3) is 4.86. The molecule has 0 bridgehead atoms. The Kier molecular flexibility index (Phi) is 6.71. The van der Waals surface area contributed by atoms with Crippen LogP contribution in [0.1, 0.15) is 46.6 Å². The van der Waals surface area contributed by atoms with E-state index in [1.165, 1.54) is 23.6 Å². The van der Waals surface area contributed by atoms with Crippen LogP contribution in [0.15, 0.2) is 23.3 Å². The highest BCUT2D eigenvalue weighted by Crippen LogP contribution is 2.39. The number of phenols is 1. The number of fused-ring (bicyclic) bond motifs is 1.